The van der Waals surface area contributed by atoms with Crippen LogP contribution < -0.4 is 10.6 Å². The summed E-state index contributed by atoms with van der Waals surface area (Å²) in [6, 6.07) is 6.49. The van der Waals surface area contributed by atoms with Crippen LogP contribution in [0.15, 0.2) is 22.7 Å². The summed E-state index contributed by atoms with van der Waals surface area (Å²) in [6.07, 6.45) is 2.61. The number of hydrogen-bond acceptors (Lipinski definition) is 3. The maximum absolute atomic E-state index is 5.90. The zero-order valence-electron chi connectivity index (χ0n) is 11.0. The highest BCUT2D eigenvalue weighted by Gasteiger charge is 2.20. The van der Waals surface area contributed by atoms with Crippen LogP contribution >= 0.6 is 15.9 Å². The van der Waals surface area contributed by atoms with Gasteiger partial charge in [-0.3, -0.25) is 0 Å². The van der Waals surface area contributed by atoms with E-state index in [4.69, 9.17) is 10.5 Å². The Balaban J connectivity index is 2.10. The molecule has 4 heteroatoms. The van der Waals surface area contributed by atoms with Crippen LogP contribution in [0.4, 0.5) is 5.69 Å². The highest BCUT2D eigenvalue weighted by molar-refractivity contribution is 9.10. The quantitative estimate of drug-likeness (QED) is 0.932. The Bertz CT molecular complexity index is 401. The van der Waals surface area contributed by atoms with Gasteiger partial charge in [-0.15, -0.1) is 0 Å². The van der Waals surface area contributed by atoms with Crippen LogP contribution in [0, 0.1) is 0 Å². The summed E-state index contributed by atoms with van der Waals surface area (Å²) in [6.45, 7) is 4.11. The molecule has 0 amide bonds. The van der Waals surface area contributed by atoms with E-state index in [0.29, 0.717) is 6.10 Å². The zero-order chi connectivity index (χ0) is 13.1. The minimum Gasteiger partial charge on any atom is -0.381 e. The van der Waals surface area contributed by atoms with Gasteiger partial charge in [0.2, 0.25) is 0 Å². The van der Waals surface area contributed by atoms with Crippen molar-refractivity contribution in [3.05, 3.63) is 28.2 Å². The molecule has 1 fully saturated rings. The largest absolute Gasteiger partial charge is 0.381 e. The van der Waals surface area contributed by atoms with Crippen molar-refractivity contribution in [2.45, 2.75) is 31.9 Å². The average Bonchev–Trinajstić information content (AvgIpc) is 2.38. The van der Waals surface area contributed by atoms with Gasteiger partial charge in [-0.05, 0) is 53.4 Å². The van der Waals surface area contributed by atoms with Crippen molar-refractivity contribution < 1.29 is 4.74 Å². The fraction of sp³-hybridized carbons (Fsp3) is 0.571. The minimum atomic E-state index is 0.0783. The third kappa shape index (κ3) is 3.05. The van der Waals surface area contributed by atoms with Crippen molar-refractivity contribution in [2.24, 2.45) is 5.73 Å². The Morgan fingerprint density at radius 2 is 2.06 bits per heavy atom. The van der Waals surface area contributed by atoms with E-state index in [-0.39, 0.29) is 6.04 Å². The van der Waals surface area contributed by atoms with E-state index in [1.54, 1.807) is 7.11 Å². The number of halogens is 1. The first kappa shape index (κ1) is 13.8. The highest BCUT2D eigenvalue weighted by atomic mass is 79.9. The molecule has 2 rings (SSSR count). The molecule has 0 spiro atoms. The van der Waals surface area contributed by atoms with E-state index in [9.17, 15) is 0 Å². The van der Waals surface area contributed by atoms with Crippen LogP contribution in [0.2, 0.25) is 0 Å². The Labute approximate surface area is 117 Å². The van der Waals surface area contributed by atoms with Crippen LogP contribution in [0.5, 0.6) is 0 Å². The van der Waals surface area contributed by atoms with Crippen molar-refractivity contribution in [1.29, 1.82) is 0 Å². The smallest absolute Gasteiger partial charge is 0.0605 e. The van der Waals surface area contributed by atoms with Crippen molar-refractivity contribution in [3.8, 4) is 0 Å². The number of methoxy groups -OCH3 is 1. The summed E-state index contributed by atoms with van der Waals surface area (Å²) in [5.41, 5.74) is 8.32. The van der Waals surface area contributed by atoms with Crippen LogP contribution in [0.3, 0.4) is 0 Å². The predicted octanol–water partition coefficient (Wildman–Crippen LogP) is 3.08. The molecule has 18 heavy (non-hydrogen) atoms. The van der Waals surface area contributed by atoms with Crippen LogP contribution in [0.25, 0.3) is 0 Å². The number of benzene rings is 1. The lowest BCUT2D eigenvalue weighted by Crippen LogP contribution is -2.36. The molecule has 0 aliphatic carbocycles. The van der Waals surface area contributed by atoms with Gasteiger partial charge in [-0.2, -0.15) is 0 Å². The van der Waals surface area contributed by atoms with Gasteiger partial charge in [0.05, 0.1) is 11.8 Å². The molecule has 0 radical (unpaired) electrons. The third-order valence-corrected chi connectivity index (χ3v) is 4.25. The molecule has 1 aliphatic rings. The average molecular weight is 313 g/mol. The molecule has 1 saturated heterocycles. The second-order valence-electron chi connectivity index (χ2n) is 4.92. The number of nitrogens with zero attached hydrogens (tertiary/aromatic N) is 1. The molecule has 1 unspecified atom stereocenters. The SMILES string of the molecule is COC1CCN(c2ccc(C(C)N)cc2Br)CC1. The van der Waals surface area contributed by atoms with Gasteiger partial charge in [-0.25, -0.2) is 0 Å². The molecule has 1 heterocycles. The molecule has 2 N–H and O–H groups in total. The van der Waals surface area contributed by atoms with Gasteiger partial charge < -0.3 is 15.4 Å². The fourth-order valence-corrected chi connectivity index (χ4v) is 3.04. The molecule has 100 valence electrons. The van der Waals surface area contributed by atoms with Crippen molar-refractivity contribution >= 4 is 21.6 Å². The van der Waals surface area contributed by atoms with E-state index in [1.807, 2.05) is 6.92 Å². The Morgan fingerprint density at radius 3 is 2.56 bits per heavy atom. The van der Waals surface area contributed by atoms with Crippen molar-refractivity contribution in [1.82, 2.24) is 0 Å². The van der Waals surface area contributed by atoms with Crippen molar-refractivity contribution in [3.63, 3.8) is 0 Å². The highest BCUT2D eigenvalue weighted by Crippen LogP contribution is 2.31. The van der Waals surface area contributed by atoms with Gasteiger partial charge in [0.25, 0.3) is 0 Å². The van der Waals surface area contributed by atoms with Gasteiger partial charge in [-0.1, -0.05) is 6.07 Å². The van der Waals surface area contributed by atoms with Gasteiger partial charge in [0.15, 0.2) is 0 Å². The molecule has 1 aromatic carbocycles. The van der Waals surface area contributed by atoms with E-state index < -0.39 is 0 Å². The molecular weight excluding hydrogens is 292 g/mol. The first-order chi connectivity index (χ1) is 8.61. The fourth-order valence-electron chi connectivity index (χ4n) is 2.40. The summed E-state index contributed by atoms with van der Waals surface area (Å²) in [5, 5.41) is 0. The Morgan fingerprint density at radius 1 is 1.39 bits per heavy atom. The molecule has 0 aromatic heterocycles. The topological polar surface area (TPSA) is 38.5 Å². The predicted molar refractivity (Wildman–Crippen MR) is 79.0 cm³/mol. The van der Waals surface area contributed by atoms with Gasteiger partial charge in [0.1, 0.15) is 0 Å². The van der Waals surface area contributed by atoms with Crippen molar-refractivity contribution in [2.75, 3.05) is 25.1 Å². The lowest BCUT2D eigenvalue weighted by Gasteiger charge is -2.33. The first-order valence-electron chi connectivity index (χ1n) is 6.44. The maximum Gasteiger partial charge on any atom is 0.0605 e. The van der Waals surface area contributed by atoms with E-state index in [0.717, 1.165) is 36.0 Å². The summed E-state index contributed by atoms with van der Waals surface area (Å²) >= 11 is 3.65. The number of piperidine rings is 1. The lowest BCUT2D eigenvalue weighted by molar-refractivity contribution is 0.0819. The van der Waals surface area contributed by atoms with E-state index >= 15 is 0 Å². The summed E-state index contributed by atoms with van der Waals surface area (Å²) in [4.78, 5) is 2.41. The number of nitrogens with two attached hydrogens (primary N) is 1. The maximum atomic E-state index is 5.90. The summed E-state index contributed by atoms with van der Waals surface area (Å²) in [5.74, 6) is 0. The molecule has 1 aromatic rings. The molecular formula is C14H21BrN2O. The second-order valence-corrected chi connectivity index (χ2v) is 5.78. The summed E-state index contributed by atoms with van der Waals surface area (Å²) in [7, 11) is 1.80. The van der Waals surface area contributed by atoms with Crippen LogP contribution in [0.1, 0.15) is 31.4 Å². The molecule has 0 saturated carbocycles. The normalized spacial score (nSPS) is 19.0. The van der Waals surface area contributed by atoms with Gasteiger partial charge >= 0.3 is 0 Å². The number of rotatable bonds is 3. The first-order valence-corrected chi connectivity index (χ1v) is 7.24. The molecule has 1 atom stereocenters. The van der Waals surface area contributed by atoms with Gasteiger partial charge in [0, 0.05) is 30.7 Å². The standard InChI is InChI=1S/C14H21BrN2O/c1-10(16)11-3-4-14(13(15)9-11)17-7-5-12(18-2)6-8-17/h3-4,9-10,12H,5-8,16H2,1-2H3. The Hall–Kier alpha value is -0.580. The number of hydrogen-bond donors (Lipinski definition) is 1. The number of anilines is 1. The molecule has 0 bridgehead atoms. The second kappa shape index (κ2) is 6.04. The summed E-state index contributed by atoms with van der Waals surface area (Å²) < 4.78 is 6.53. The zero-order valence-corrected chi connectivity index (χ0v) is 12.6. The Kier molecular flexibility index (Phi) is 4.65. The van der Waals surface area contributed by atoms with Crippen LogP contribution in [-0.2, 0) is 4.74 Å². The van der Waals surface area contributed by atoms with E-state index in [2.05, 4.69) is 39.0 Å². The minimum absolute atomic E-state index is 0.0783. The molecule has 1 aliphatic heterocycles. The molecule has 3 nitrogen and oxygen atoms in total. The van der Waals surface area contributed by atoms with Crippen LogP contribution in [-0.4, -0.2) is 26.3 Å². The number of ether oxygens (including phenoxy) is 1. The van der Waals surface area contributed by atoms with E-state index in [1.165, 1.54) is 5.69 Å². The third-order valence-electron chi connectivity index (χ3n) is 3.61. The monoisotopic (exact) mass is 312 g/mol. The lowest BCUT2D eigenvalue weighted by atomic mass is 10.1.